The lowest BCUT2D eigenvalue weighted by molar-refractivity contribution is 0.403. The van der Waals surface area contributed by atoms with Gasteiger partial charge in [0.25, 0.3) is 0 Å². The van der Waals surface area contributed by atoms with Crippen LogP contribution in [-0.4, -0.2) is 6.35 Å². The van der Waals surface area contributed by atoms with Crippen molar-refractivity contribution in [2.75, 3.05) is 6.35 Å². The highest BCUT2D eigenvalue weighted by Gasteiger charge is 2.09. The molecule has 0 N–H and O–H groups in total. The lowest BCUT2D eigenvalue weighted by Gasteiger charge is -1.97. The van der Waals surface area contributed by atoms with Crippen molar-refractivity contribution in [3.63, 3.8) is 0 Å². The third kappa shape index (κ3) is 1.98. The molecule has 0 aliphatic carbocycles. The van der Waals surface area contributed by atoms with Gasteiger partial charge in [-0.2, -0.15) is 0 Å². The molecule has 0 aromatic heterocycles. The fourth-order valence-corrected chi connectivity index (χ4v) is 2.14. The summed E-state index contributed by atoms with van der Waals surface area (Å²) in [5, 5.41) is 1.39. The van der Waals surface area contributed by atoms with Gasteiger partial charge in [0.1, 0.15) is 12.1 Å². The molecule has 1 aromatic rings. The van der Waals surface area contributed by atoms with Crippen LogP contribution in [0.2, 0.25) is 0 Å². The first kappa shape index (κ1) is 9.54. The van der Waals surface area contributed by atoms with Crippen LogP contribution in [0.4, 0.5) is 0 Å². The monoisotopic (exact) mass is 182 g/mol. The first-order chi connectivity index (χ1) is 5.86. The summed E-state index contributed by atoms with van der Waals surface area (Å²) in [7, 11) is 0.854. The molecule has 0 fully saturated rings. The van der Waals surface area contributed by atoms with Gasteiger partial charge in [-0.25, -0.2) is 0 Å². The molecular formula is C10H15OP. The fraction of sp³-hybridized carbons (Fsp3) is 0.400. The van der Waals surface area contributed by atoms with Gasteiger partial charge in [-0.15, -0.1) is 0 Å². The molecule has 0 amide bonds. The van der Waals surface area contributed by atoms with Gasteiger partial charge < -0.3 is 4.74 Å². The molecule has 1 nitrogen and oxygen atoms in total. The van der Waals surface area contributed by atoms with Crippen molar-refractivity contribution in [2.45, 2.75) is 20.8 Å². The quantitative estimate of drug-likeness (QED) is 0.560. The average Bonchev–Trinajstić information content (AvgIpc) is 2.54. The number of hydrogen-bond acceptors (Lipinski definition) is 1. The minimum absolute atomic E-state index is 0.854. The van der Waals surface area contributed by atoms with Gasteiger partial charge >= 0.3 is 0 Å². The van der Waals surface area contributed by atoms with Crippen molar-refractivity contribution < 1.29 is 4.74 Å². The highest BCUT2D eigenvalue weighted by Crippen LogP contribution is 2.27. The van der Waals surface area contributed by atoms with Crippen LogP contribution in [0, 0.1) is 6.92 Å². The maximum Gasteiger partial charge on any atom is 0.127 e. The topological polar surface area (TPSA) is 9.23 Å². The molecule has 1 aromatic carbocycles. The van der Waals surface area contributed by atoms with Crippen LogP contribution in [-0.2, 0) is 0 Å². The lowest BCUT2D eigenvalue weighted by Crippen LogP contribution is -1.91. The van der Waals surface area contributed by atoms with Crippen LogP contribution >= 0.6 is 8.58 Å². The van der Waals surface area contributed by atoms with Gasteiger partial charge in [0, 0.05) is 5.30 Å². The molecule has 0 spiro atoms. The Labute approximate surface area is 75.9 Å². The predicted octanol–water partition coefficient (Wildman–Crippen LogP) is 2.67. The SMILES string of the molecule is CC.Cc1ccc2c(c1)PCO2. The first-order valence-electron chi connectivity index (χ1n) is 4.33. The molecule has 1 unspecified atom stereocenters. The molecule has 2 heteroatoms. The molecule has 0 radical (unpaired) electrons. The highest BCUT2D eigenvalue weighted by atomic mass is 31.1. The van der Waals surface area contributed by atoms with Crippen molar-refractivity contribution in [3.8, 4) is 5.75 Å². The summed E-state index contributed by atoms with van der Waals surface area (Å²) in [4.78, 5) is 0. The summed E-state index contributed by atoms with van der Waals surface area (Å²) in [6.45, 7) is 6.11. The Balaban J connectivity index is 0.000000336. The zero-order valence-corrected chi connectivity index (χ0v) is 8.85. The molecule has 0 saturated carbocycles. The number of aryl methyl sites for hydroxylation is 1. The Morgan fingerprint density at radius 3 is 2.83 bits per heavy atom. The number of fused-ring (bicyclic) bond motifs is 1. The summed E-state index contributed by atoms with van der Waals surface area (Å²) in [6, 6.07) is 6.36. The van der Waals surface area contributed by atoms with Crippen molar-refractivity contribution >= 4 is 13.9 Å². The molecule has 1 atom stereocenters. The van der Waals surface area contributed by atoms with Crippen molar-refractivity contribution in [3.05, 3.63) is 23.8 Å². The Bertz CT molecular complexity index is 258. The van der Waals surface area contributed by atoms with Crippen LogP contribution in [0.5, 0.6) is 5.75 Å². The molecule has 0 saturated heterocycles. The smallest absolute Gasteiger partial charge is 0.127 e. The van der Waals surface area contributed by atoms with Crippen LogP contribution in [0.15, 0.2) is 18.2 Å². The van der Waals surface area contributed by atoms with Gasteiger partial charge in [0.15, 0.2) is 0 Å². The van der Waals surface area contributed by atoms with Gasteiger partial charge in [0.2, 0.25) is 0 Å². The molecule has 12 heavy (non-hydrogen) atoms. The van der Waals surface area contributed by atoms with Gasteiger partial charge in [-0.05, 0) is 27.6 Å². The van der Waals surface area contributed by atoms with Crippen molar-refractivity contribution in [2.24, 2.45) is 0 Å². The molecule has 66 valence electrons. The summed E-state index contributed by atoms with van der Waals surface area (Å²) in [5.41, 5.74) is 1.33. The van der Waals surface area contributed by atoms with E-state index in [0.717, 1.165) is 20.7 Å². The predicted molar refractivity (Wildman–Crippen MR) is 56.0 cm³/mol. The van der Waals surface area contributed by atoms with Crippen LogP contribution in [0.25, 0.3) is 0 Å². The van der Waals surface area contributed by atoms with Gasteiger partial charge in [-0.3, -0.25) is 0 Å². The Morgan fingerprint density at radius 2 is 2.08 bits per heavy atom. The summed E-state index contributed by atoms with van der Waals surface area (Å²) >= 11 is 0. The zero-order valence-electron chi connectivity index (χ0n) is 7.85. The minimum Gasteiger partial charge on any atom is -0.488 e. The second kappa shape index (κ2) is 4.47. The zero-order chi connectivity index (χ0) is 8.97. The van der Waals surface area contributed by atoms with E-state index < -0.39 is 0 Å². The van der Waals surface area contributed by atoms with Crippen LogP contribution in [0.1, 0.15) is 19.4 Å². The maximum atomic E-state index is 5.37. The summed E-state index contributed by atoms with van der Waals surface area (Å²) < 4.78 is 5.37. The van der Waals surface area contributed by atoms with Crippen molar-refractivity contribution in [1.29, 1.82) is 0 Å². The Morgan fingerprint density at radius 1 is 1.33 bits per heavy atom. The maximum absolute atomic E-state index is 5.37. The Hall–Kier alpha value is -0.550. The normalized spacial score (nSPS) is 14.6. The van der Waals surface area contributed by atoms with Gasteiger partial charge in [0.05, 0.1) is 0 Å². The van der Waals surface area contributed by atoms with E-state index in [0.29, 0.717) is 0 Å². The largest absolute Gasteiger partial charge is 0.488 e. The number of ether oxygens (including phenoxy) is 1. The fourth-order valence-electron chi connectivity index (χ4n) is 1.10. The third-order valence-corrected chi connectivity index (χ3v) is 2.69. The lowest BCUT2D eigenvalue weighted by atomic mass is 10.2. The van der Waals surface area contributed by atoms with E-state index in [1.54, 1.807) is 0 Å². The van der Waals surface area contributed by atoms with Gasteiger partial charge in [-0.1, -0.05) is 25.5 Å². The summed E-state index contributed by atoms with van der Waals surface area (Å²) in [6.07, 6.45) is 0.888. The average molecular weight is 182 g/mol. The second-order valence-corrected chi connectivity index (χ2v) is 3.65. The van der Waals surface area contributed by atoms with E-state index in [1.807, 2.05) is 13.8 Å². The van der Waals surface area contributed by atoms with Crippen molar-refractivity contribution in [1.82, 2.24) is 0 Å². The van der Waals surface area contributed by atoms with Crippen LogP contribution in [0.3, 0.4) is 0 Å². The molecule has 1 heterocycles. The molecule has 2 rings (SSSR count). The standard InChI is InChI=1S/C8H9OP.C2H6/c1-6-2-3-7-8(4-6)10-5-9-7;1-2/h2-4,10H,5H2,1H3;1-2H3. The number of rotatable bonds is 0. The van der Waals surface area contributed by atoms with Crippen LogP contribution < -0.4 is 10.0 Å². The first-order valence-corrected chi connectivity index (χ1v) is 5.54. The second-order valence-electron chi connectivity index (χ2n) is 2.47. The van der Waals surface area contributed by atoms with E-state index in [1.165, 1.54) is 10.9 Å². The van der Waals surface area contributed by atoms with E-state index in [4.69, 9.17) is 4.74 Å². The molecule has 0 bridgehead atoms. The molecular weight excluding hydrogens is 167 g/mol. The molecule has 1 aliphatic rings. The Kier molecular flexibility index (Phi) is 3.55. The van der Waals surface area contributed by atoms with E-state index in [2.05, 4.69) is 25.1 Å². The van der Waals surface area contributed by atoms with E-state index in [-0.39, 0.29) is 0 Å². The highest BCUT2D eigenvalue weighted by molar-refractivity contribution is 7.47. The minimum atomic E-state index is 0.854. The number of hydrogen-bond donors (Lipinski definition) is 0. The molecule has 1 aliphatic heterocycles. The third-order valence-electron chi connectivity index (χ3n) is 1.63. The van der Waals surface area contributed by atoms with E-state index >= 15 is 0 Å². The van der Waals surface area contributed by atoms with E-state index in [9.17, 15) is 0 Å². The number of benzene rings is 1. The summed E-state index contributed by atoms with van der Waals surface area (Å²) in [5.74, 6) is 1.09.